The molecule has 1 aromatic heterocycles. The second-order valence-corrected chi connectivity index (χ2v) is 9.63. The van der Waals surface area contributed by atoms with Crippen LogP contribution in [-0.2, 0) is 21.3 Å². The minimum Gasteiger partial charge on any atom is -0.465 e. The van der Waals surface area contributed by atoms with Crippen molar-refractivity contribution in [2.75, 3.05) is 14.2 Å². The van der Waals surface area contributed by atoms with E-state index in [1.165, 1.54) is 37.9 Å². The fourth-order valence-corrected chi connectivity index (χ4v) is 4.18. The van der Waals surface area contributed by atoms with Crippen LogP contribution in [-0.4, -0.2) is 43.0 Å². The average Bonchev–Trinajstić information content (AvgIpc) is 3.21. The Balaban J connectivity index is 1.80. The van der Waals surface area contributed by atoms with E-state index in [1.807, 2.05) is 24.3 Å². The number of hydrogen-bond acceptors (Lipinski definition) is 7. The number of carbonyl (C=O) groups is 1. The van der Waals surface area contributed by atoms with Crippen molar-refractivity contribution in [3.8, 4) is 11.4 Å². The van der Waals surface area contributed by atoms with Crippen molar-refractivity contribution in [3.63, 3.8) is 0 Å². The van der Waals surface area contributed by atoms with Crippen LogP contribution in [0.3, 0.4) is 0 Å². The zero-order chi connectivity index (χ0) is 22.8. The molecule has 3 rings (SSSR count). The topological polar surface area (TPSA) is 103 Å². The number of sulfonamides is 1. The predicted molar refractivity (Wildman–Crippen MR) is 115 cm³/mol. The first-order chi connectivity index (χ1) is 14.6. The number of rotatable bonds is 7. The molecule has 0 N–H and O–H groups in total. The van der Waals surface area contributed by atoms with Crippen LogP contribution in [0.5, 0.6) is 0 Å². The quantitative estimate of drug-likeness (QED) is 0.485. The van der Waals surface area contributed by atoms with Crippen molar-refractivity contribution >= 4 is 27.6 Å². The SMILES string of the molecule is COC(=O)c1cc(S(=O)(=O)N(C)Cc2nc(-c3ccc(C(C)C)cc3)no2)ccc1Cl. The summed E-state index contributed by atoms with van der Waals surface area (Å²) in [6.07, 6.45) is 0. The van der Waals surface area contributed by atoms with Crippen molar-refractivity contribution < 1.29 is 22.5 Å². The predicted octanol–water partition coefficient (Wildman–Crippen LogP) is 4.12. The van der Waals surface area contributed by atoms with Crippen LogP contribution in [0.4, 0.5) is 0 Å². The van der Waals surface area contributed by atoms with E-state index in [2.05, 4.69) is 28.7 Å². The number of ether oxygens (including phenoxy) is 1. The lowest BCUT2D eigenvalue weighted by atomic mass is 10.0. The minimum absolute atomic E-state index is 0.0384. The summed E-state index contributed by atoms with van der Waals surface area (Å²) in [6, 6.07) is 11.6. The fraction of sp³-hybridized carbons (Fsp3) is 0.286. The molecule has 8 nitrogen and oxygen atoms in total. The number of methoxy groups -OCH3 is 1. The minimum atomic E-state index is -3.95. The van der Waals surface area contributed by atoms with Gasteiger partial charge in [-0.1, -0.05) is 54.9 Å². The third-order valence-electron chi connectivity index (χ3n) is 4.71. The van der Waals surface area contributed by atoms with Gasteiger partial charge in [0.25, 0.3) is 0 Å². The molecule has 0 aliphatic rings. The number of hydrogen-bond donors (Lipinski definition) is 0. The summed E-state index contributed by atoms with van der Waals surface area (Å²) in [4.78, 5) is 16.0. The Bertz CT molecular complexity index is 1190. The summed E-state index contributed by atoms with van der Waals surface area (Å²) in [5.41, 5.74) is 1.92. The van der Waals surface area contributed by atoms with E-state index in [0.29, 0.717) is 11.7 Å². The molecule has 0 amide bonds. The van der Waals surface area contributed by atoms with Gasteiger partial charge in [-0.2, -0.15) is 9.29 Å². The third kappa shape index (κ3) is 4.95. The first kappa shape index (κ1) is 22.9. The number of carbonyl (C=O) groups excluding carboxylic acids is 1. The molecule has 3 aromatic rings. The van der Waals surface area contributed by atoms with E-state index in [9.17, 15) is 13.2 Å². The van der Waals surface area contributed by atoms with Crippen LogP contribution in [0.2, 0.25) is 5.02 Å². The molecule has 1 heterocycles. The van der Waals surface area contributed by atoms with Crippen molar-refractivity contribution in [1.29, 1.82) is 0 Å². The maximum atomic E-state index is 12.9. The van der Waals surface area contributed by atoms with Crippen LogP contribution in [0.15, 0.2) is 51.9 Å². The van der Waals surface area contributed by atoms with Crippen LogP contribution >= 0.6 is 11.6 Å². The number of nitrogens with zero attached hydrogens (tertiary/aromatic N) is 3. The highest BCUT2D eigenvalue weighted by molar-refractivity contribution is 7.89. The van der Waals surface area contributed by atoms with Gasteiger partial charge in [0.15, 0.2) is 0 Å². The number of benzene rings is 2. The lowest BCUT2D eigenvalue weighted by molar-refractivity contribution is 0.0600. The highest BCUT2D eigenvalue weighted by Gasteiger charge is 2.25. The van der Waals surface area contributed by atoms with Crippen molar-refractivity contribution in [1.82, 2.24) is 14.4 Å². The average molecular weight is 464 g/mol. The second kappa shape index (κ2) is 9.17. The molecule has 0 unspecified atom stereocenters. The summed E-state index contributed by atoms with van der Waals surface area (Å²) in [6.45, 7) is 4.06. The molecular formula is C21H22ClN3O5S. The molecule has 0 aliphatic heterocycles. The van der Waals surface area contributed by atoms with Crippen molar-refractivity contribution in [2.24, 2.45) is 0 Å². The van der Waals surface area contributed by atoms with E-state index in [0.717, 1.165) is 9.87 Å². The summed E-state index contributed by atoms with van der Waals surface area (Å²) in [5, 5.41) is 4.04. The maximum Gasteiger partial charge on any atom is 0.339 e. The van der Waals surface area contributed by atoms with E-state index in [-0.39, 0.29) is 27.9 Å². The van der Waals surface area contributed by atoms with Gasteiger partial charge in [-0.25, -0.2) is 13.2 Å². The number of aromatic nitrogens is 2. The van der Waals surface area contributed by atoms with E-state index in [1.54, 1.807) is 0 Å². The van der Waals surface area contributed by atoms with Gasteiger partial charge in [0.05, 0.1) is 29.1 Å². The van der Waals surface area contributed by atoms with Crippen LogP contribution in [0.25, 0.3) is 11.4 Å². The summed E-state index contributed by atoms with van der Waals surface area (Å²) < 4.78 is 36.8. The smallest absolute Gasteiger partial charge is 0.339 e. The largest absolute Gasteiger partial charge is 0.465 e. The summed E-state index contributed by atoms with van der Waals surface area (Å²) in [7, 11) is -1.38. The normalized spacial score (nSPS) is 11.8. The maximum absolute atomic E-state index is 12.9. The van der Waals surface area contributed by atoms with E-state index in [4.69, 9.17) is 16.1 Å². The van der Waals surface area contributed by atoms with Crippen LogP contribution < -0.4 is 0 Å². The zero-order valence-electron chi connectivity index (χ0n) is 17.5. The molecule has 164 valence electrons. The van der Waals surface area contributed by atoms with Gasteiger partial charge in [-0.05, 0) is 29.7 Å². The number of esters is 1. The highest BCUT2D eigenvalue weighted by Crippen LogP contribution is 2.25. The first-order valence-corrected chi connectivity index (χ1v) is 11.2. The van der Waals surface area contributed by atoms with Gasteiger partial charge >= 0.3 is 5.97 Å². The lowest BCUT2D eigenvalue weighted by Gasteiger charge is -2.16. The van der Waals surface area contributed by atoms with Crippen LogP contribution in [0, 0.1) is 0 Å². The Hall–Kier alpha value is -2.75. The van der Waals surface area contributed by atoms with Gasteiger partial charge in [-0.3, -0.25) is 0 Å². The zero-order valence-corrected chi connectivity index (χ0v) is 19.1. The number of halogens is 1. The molecule has 0 fully saturated rings. The fourth-order valence-electron chi connectivity index (χ4n) is 2.84. The lowest BCUT2D eigenvalue weighted by Crippen LogP contribution is -2.27. The molecule has 31 heavy (non-hydrogen) atoms. The Morgan fingerprint density at radius 2 is 1.87 bits per heavy atom. The second-order valence-electron chi connectivity index (χ2n) is 7.18. The van der Waals surface area contributed by atoms with Crippen molar-refractivity contribution in [3.05, 3.63) is 64.5 Å². The van der Waals surface area contributed by atoms with Gasteiger partial charge in [0.2, 0.25) is 21.7 Å². The molecule has 0 saturated heterocycles. The van der Waals surface area contributed by atoms with Gasteiger partial charge in [0.1, 0.15) is 0 Å². The monoisotopic (exact) mass is 463 g/mol. The molecule has 0 aliphatic carbocycles. The van der Waals surface area contributed by atoms with Gasteiger partial charge < -0.3 is 9.26 Å². The van der Waals surface area contributed by atoms with E-state index >= 15 is 0 Å². The summed E-state index contributed by atoms with van der Waals surface area (Å²) in [5.74, 6) is 0.183. The first-order valence-electron chi connectivity index (χ1n) is 9.40. The molecule has 0 atom stereocenters. The Kier molecular flexibility index (Phi) is 6.78. The molecule has 0 spiro atoms. The van der Waals surface area contributed by atoms with Crippen molar-refractivity contribution in [2.45, 2.75) is 31.2 Å². The molecule has 0 radical (unpaired) electrons. The Labute approximate surface area is 185 Å². The molecular weight excluding hydrogens is 442 g/mol. The standard InChI is InChI=1S/C21H22ClN3O5S/c1-13(2)14-5-7-15(8-6-14)20-23-19(30-24-20)12-25(3)31(27,28)16-9-10-18(22)17(11-16)21(26)29-4/h5-11,13H,12H2,1-4H3. The molecule has 0 bridgehead atoms. The van der Waals surface area contributed by atoms with Gasteiger partial charge in [-0.15, -0.1) is 0 Å². The highest BCUT2D eigenvalue weighted by atomic mass is 35.5. The molecule has 2 aromatic carbocycles. The molecule has 10 heteroatoms. The Morgan fingerprint density at radius 1 is 1.19 bits per heavy atom. The van der Waals surface area contributed by atoms with Crippen LogP contribution in [0.1, 0.15) is 41.6 Å². The summed E-state index contributed by atoms with van der Waals surface area (Å²) >= 11 is 5.97. The third-order valence-corrected chi connectivity index (χ3v) is 6.84. The van der Waals surface area contributed by atoms with E-state index < -0.39 is 16.0 Å². The molecule has 0 saturated carbocycles. The Morgan fingerprint density at radius 3 is 2.48 bits per heavy atom. The van der Waals surface area contributed by atoms with Gasteiger partial charge in [0, 0.05) is 12.6 Å².